The van der Waals surface area contributed by atoms with E-state index in [4.69, 9.17) is 0 Å². The van der Waals surface area contributed by atoms with Crippen LogP contribution in [0.1, 0.15) is 51.9 Å². The fourth-order valence-corrected chi connectivity index (χ4v) is 2.16. The highest BCUT2D eigenvalue weighted by Gasteiger charge is 2.87. The van der Waals surface area contributed by atoms with Crippen LogP contribution in [-0.4, -0.2) is 48.6 Å². The van der Waals surface area contributed by atoms with Crippen molar-refractivity contribution in [2.24, 2.45) is 0 Å². The summed E-state index contributed by atoms with van der Waals surface area (Å²) >= 11 is 0. The molecule has 0 heterocycles. The van der Waals surface area contributed by atoms with Crippen LogP contribution in [0.5, 0.6) is 0 Å². The minimum absolute atomic E-state index is 0.0688. The van der Waals surface area contributed by atoms with E-state index >= 15 is 0 Å². The Hall–Kier alpha value is -1.37. The molecule has 0 unspecified atom stereocenters. The Balaban J connectivity index is 5.14. The van der Waals surface area contributed by atoms with Crippen molar-refractivity contribution in [3.63, 3.8) is 0 Å². The van der Waals surface area contributed by atoms with Crippen LogP contribution in [0.2, 0.25) is 0 Å². The molecule has 0 saturated heterocycles. The van der Waals surface area contributed by atoms with Crippen molar-refractivity contribution in [2.45, 2.75) is 87.9 Å². The summed E-state index contributed by atoms with van der Waals surface area (Å²) in [4.78, 5) is 11.2. The maximum atomic E-state index is 13.4. The Kier molecular flexibility index (Phi) is 9.82. The third-order valence-electron chi connectivity index (χ3n) is 4.09. The molecule has 0 bridgehead atoms. The number of hydrogen-bond donors (Lipinski definition) is 0. The highest BCUT2D eigenvalue weighted by Crippen LogP contribution is 2.58. The number of unbranched alkanes of at least 4 members (excludes halogenated alkanes) is 5. The van der Waals surface area contributed by atoms with Crippen molar-refractivity contribution < 1.29 is 62.2 Å². The Morgan fingerprint density at radius 3 is 1.67 bits per heavy atom. The van der Waals surface area contributed by atoms with Crippen LogP contribution < -0.4 is 0 Å². The van der Waals surface area contributed by atoms with E-state index in [1.165, 1.54) is 0 Å². The average molecular weight is 472 g/mol. The van der Waals surface area contributed by atoms with Crippen LogP contribution in [0.15, 0.2) is 0 Å². The van der Waals surface area contributed by atoms with Crippen LogP contribution in [0, 0.1) is 0 Å². The number of ether oxygens (including phenoxy) is 1. The van der Waals surface area contributed by atoms with Crippen molar-refractivity contribution in [1.82, 2.24) is 0 Å². The molecule has 0 aliphatic rings. The van der Waals surface area contributed by atoms with Gasteiger partial charge in [-0.05, 0) is 6.42 Å². The number of alkyl halides is 12. The second kappa shape index (κ2) is 10.3. The maximum absolute atomic E-state index is 13.4. The quantitative estimate of drug-likeness (QED) is 0.159. The average Bonchev–Trinajstić information content (AvgIpc) is 2.62. The molecule has 0 aliphatic carbocycles. The lowest BCUT2D eigenvalue weighted by Crippen LogP contribution is -2.69. The van der Waals surface area contributed by atoms with Crippen molar-refractivity contribution in [1.29, 1.82) is 0 Å². The normalized spacial score (nSPS) is 14.3. The smallest absolute Gasteiger partial charge is 0.384 e. The first-order valence-electron chi connectivity index (χ1n) is 8.73. The molecule has 0 spiro atoms. The summed E-state index contributed by atoms with van der Waals surface area (Å²) in [5.74, 6) is -37.3. The predicted molar refractivity (Wildman–Crippen MR) is 79.7 cm³/mol. The van der Waals surface area contributed by atoms with Gasteiger partial charge >= 0.3 is 42.0 Å². The number of carbonyl (C=O) groups is 1. The van der Waals surface area contributed by atoms with Gasteiger partial charge in [-0.25, -0.2) is 8.78 Å². The molecule has 0 saturated carbocycles. The number of esters is 1. The van der Waals surface area contributed by atoms with Crippen LogP contribution >= 0.6 is 0 Å². The largest absolute Gasteiger partial charge is 0.459 e. The molecule has 0 aromatic carbocycles. The lowest BCUT2D eigenvalue weighted by molar-refractivity contribution is -0.414. The van der Waals surface area contributed by atoms with Crippen molar-refractivity contribution in [2.75, 3.05) is 6.61 Å². The van der Waals surface area contributed by atoms with Gasteiger partial charge in [0.15, 0.2) is 6.61 Å². The van der Waals surface area contributed by atoms with Gasteiger partial charge < -0.3 is 4.74 Å². The molecule has 0 aliphatic heterocycles. The standard InChI is InChI=1S/C16H20F12O2/c1-2-3-4-5-6-7-8-10(29)30-9-12(19,20)14(23,24)16(27,28)15(25,26)13(21,22)11(17)18/h11H,2-9H2,1H3. The van der Waals surface area contributed by atoms with Gasteiger partial charge in [-0.2, -0.15) is 43.9 Å². The molecule has 0 radical (unpaired) electrons. The van der Waals surface area contributed by atoms with Crippen molar-refractivity contribution in [3.05, 3.63) is 0 Å². The van der Waals surface area contributed by atoms with E-state index in [0.29, 0.717) is 12.8 Å². The molecule has 0 aromatic rings. The fraction of sp³-hybridized carbons (Fsp3) is 0.938. The van der Waals surface area contributed by atoms with E-state index in [1.54, 1.807) is 0 Å². The zero-order valence-electron chi connectivity index (χ0n) is 15.6. The molecule has 0 rings (SSSR count). The van der Waals surface area contributed by atoms with E-state index in [1.807, 2.05) is 6.92 Å². The summed E-state index contributed by atoms with van der Waals surface area (Å²) in [5.41, 5.74) is 0. The van der Waals surface area contributed by atoms with Gasteiger partial charge in [0.25, 0.3) is 0 Å². The zero-order chi connectivity index (χ0) is 24.0. The molecule has 2 nitrogen and oxygen atoms in total. The van der Waals surface area contributed by atoms with Crippen LogP contribution in [0.4, 0.5) is 52.7 Å². The monoisotopic (exact) mass is 472 g/mol. The summed E-state index contributed by atoms with van der Waals surface area (Å²) in [6, 6.07) is 0. The van der Waals surface area contributed by atoms with Crippen LogP contribution in [-0.2, 0) is 9.53 Å². The second-order valence-electron chi connectivity index (χ2n) is 6.53. The maximum Gasteiger partial charge on any atom is 0.384 e. The minimum atomic E-state index is -7.62. The lowest BCUT2D eigenvalue weighted by atomic mass is 9.94. The van der Waals surface area contributed by atoms with E-state index in [0.717, 1.165) is 19.3 Å². The van der Waals surface area contributed by atoms with Gasteiger partial charge in [0.05, 0.1) is 0 Å². The third-order valence-corrected chi connectivity index (χ3v) is 4.09. The molecule has 30 heavy (non-hydrogen) atoms. The fourth-order valence-electron chi connectivity index (χ4n) is 2.16. The van der Waals surface area contributed by atoms with Crippen molar-refractivity contribution in [3.8, 4) is 0 Å². The highest BCUT2D eigenvalue weighted by atomic mass is 19.4. The van der Waals surface area contributed by atoms with Gasteiger partial charge in [0, 0.05) is 6.42 Å². The van der Waals surface area contributed by atoms with E-state index < -0.39 is 55.0 Å². The Morgan fingerprint density at radius 1 is 0.733 bits per heavy atom. The van der Waals surface area contributed by atoms with Crippen molar-refractivity contribution >= 4 is 5.97 Å². The Morgan fingerprint density at radius 2 is 1.20 bits per heavy atom. The number of carbonyl (C=O) groups excluding carboxylic acids is 1. The SMILES string of the molecule is CCCCCCCCC(=O)OCC(F)(F)C(F)(F)C(F)(F)C(F)(F)C(F)(F)C(F)F. The molecule has 180 valence electrons. The lowest BCUT2D eigenvalue weighted by Gasteiger charge is -2.38. The Labute approximate surface area is 163 Å². The second-order valence-corrected chi connectivity index (χ2v) is 6.53. The molecular weight excluding hydrogens is 452 g/mol. The van der Waals surface area contributed by atoms with E-state index in [9.17, 15) is 57.5 Å². The van der Waals surface area contributed by atoms with Gasteiger partial charge in [-0.3, -0.25) is 4.79 Å². The summed E-state index contributed by atoms with van der Waals surface area (Å²) in [6.07, 6.45) is -2.42. The summed E-state index contributed by atoms with van der Waals surface area (Å²) in [6.45, 7) is -0.929. The topological polar surface area (TPSA) is 26.3 Å². The molecule has 0 N–H and O–H groups in total. The zero-order valence-corrected chi connectivity index (χ0v) is 15.6. The first-order chi connectivity index (χ1) is 13.4. The molecular formula is C16H20F12O2. The first kappa shape index (κ1) is 28.6. The van der Waals surface area contributed by atoms with Crippen LogP contribution in [0.25, 0.3) is 0 Å². The first-order valence-corrected chi connectivity index (χ1v) is 8.73. The van der Waals surface area contributed by atoms with Gasteiger partial charge in [-0.1, -0.05) is 39.0 Å². The summed E-state index contributed by atoms with van der Waals surface area (Å²) in [5, 5.41) is 0. The van der Waals surface area contributed by atoms with E-state index in [-0.39, 0.29) is 6.42 Å². The molecule has 0 atom stereocenters. The molecule has 0 amide bonds. The Bertz CT molecular complexity index is 548. The number of halogens is 12. The van der Waals surface area contributed by atoms with Gasteiger partial charge in [0.2, 0.25) is 0 Å². The number of rotatable bonds is 14. The highest BCUT2D eigenvalue weighted by molar-refractivity contribution is 5.69. The predicted octanol–water partition coefficient (Wildman–Crippen LogP) is 6.72. The number of hydrogen-bond acceptors (Lipinski definition) is 2. The molecule has 0 aromatic heterocycles. The summed E-state index contributed by atoms with van der Waals surface area (Å²) < 4.78 is 159. The van der Waals surface area contributed by atoms with Crippen LogP contribution in [0.3, 0.4) is 0 Å². The van der Waals surface area contributed by atoms with Gasteiger partial charge in [0.1, 0.15) is 0 Å². The van der Waals surface area contributed by atoms with Gasteiger partial charge in [-0.15, -0.1) is 0 Å². The minimum Gasteiger partial charge on any atom is -0.459 e. The molecule has 0 fully saturated rings. The van der Waals surface area contributed by atoms with E-state index in [2.05, 4.69) is 4.74 Å². The molecule has 14 heteroatoms. The summed E-state index contributed by atoms with van der Waals surface area (Å²) in [7, 11) is 0. The third kappa shape index (κ3) is 5.86.